The first kappa shape index (κ1) is 15.4. The lowest BCUT2D eigenvalue weighted by Crippen LogP contribution is -2.29. The number of aromatic nitrogens is 5. The fourth-order valence-electron chi connectivity index (χ4n) is 2.26. The van der Waals surface area contributed by atoms with Crippen LogP contribution < -0.4 is 5.32 Å². The molecule has 0 saturated heterocycles. The standard InChI is InChI=1S/C15H18N6OS/c1-11-8-12(2)21(19-11)15-18-13(10-23-15)4-6-16-14(22)9-20-7-3-5-17-20/h3,5,7-8,10H,4,6,9H2,1-2H3,(H,16,22). The van der Waals surface area contributed by atoms with E-state index in [0.29, 0.717) is 13.0 Å². The lowest BCUT2D eigenvalue weighted by Gasteiger charge is -2.04. The van der Waals surface area contributed by atoms with Gasteiger partial charge in [-0.25, -0.2) is 9.67 Å². The lowest BCUT2D eigenvalue weighted by molar-refractivity contribution is -0.121. The van der Waals surface area contributed by atoms with Gasteiger partial charge in [-0.2, -0.15) is 10.2 Å². The SMILES string of the molecule is Cc1cc(C)n(-c2nc(CCNC(=O)Cn3cccn3)cs2)n1. The Labute approximate surface area is 138 Å². The second kappa shape index (κ2) is 6.74. The summed E-state index contributed by atoms with van der Waals surface area (Å²) in [5, 5.41) is 14.2. The first-order valence-electron chi connectivity index (χ1n) is 7.34. The molecular weight excluding hydrogens is 312 g/mol. The molecule has 8 heteroatoms. The molecule has 120 valence electrons. The number of carbonyl (C=O) groups excluding carboxylic acids is 1. The summed E-state index contributed by atoms with van der Waals surface area (Å²) in [6.07, 6.45) is 4.12. The minimum atomic E-state index is -0.0531. The van der Waals surface area contributed by atoms with Crippen LogP contribution in [0.3, 0.4) is 0 Å². The van der Waals surface area contributed by atoms with E-state index in [1.807, 2.05) is 30.0 Å². The fraction of sp³-hybridized carbons (Fsp3) is 0.333. The molecule has 3 aromatic heterocycles. The van der Waals surface area contributed by atoms with E-state index in [0.717, 1.165) is 22.2 Å². The highest BCUT2D eigenvalue weighted by Gasteiger charge is 2.09. The number of nitrogens with zero attached hydrogens (tertiary/aromatic N) is 5. The van der Waals surface area contributed by atoms with E-state index in [2.05, 4.69) is 20.5 Å². The normalized spacial score (nSPS) is 10.9. The Balaban J connectivity index is 1.51. The highest BCUT2D eigenvalue weighted by molar-refractivity contribution is 7.12. The minimum Gasteiger partial charge on any atom is -0.354 e. The summed E-state index contributed by atoms with van der Waals surface area (Å²) in [5.41, 5.74) is 3.00. The molecule has 0 radical (unpaired) electrons. The maximum Gasteiger partial charge on any atom is 0.241 e. The molecule has 0 unspecified atom stereocenters. The van der Waals surface area contributed by atoms with Crippen LogP contribution in [0.5, 0.6) is 0 Å². The van der Waals surface area contributed by atoms with Gasteiger partial charge in [-0.3, -0.25) is 9.48 Å². The summed E-state index contributed by atoms with van der Waals surface area (Å²) >= 11 is 1.56. The van der Waals surface area contributed by atoms with Crippen molar-refractivity contribution in [3.8, 4) is 5.13 Å². The van der Waals surface area contributed by atoms with Crippen LogP contribution >= 0.6 is 11.3 Å². The molecular formula is C15H18N6OS. The van der Waals surface area contributed by atoms with Gasteiger partial charge >= 0.3 is 0 Å². The zero-order chi connectivity index (χ0) is 16.2. The molecule has 7 nitrogen and oxygen atoms in total. The van der Waals surface area contributed by atoms with Crippen molar-refractivity contribution in [1.82, 2.24) is 29.9 Å². The molecule has 0 bridgehead atoms. The molecule has 1 amide bonds. The van der Waals surface area contributed by atoms with Crippen LogP contribution in [0.2, 0.25) is 0 Å². The summed E-state index contributed by atoms with van der Waals surface area (Å²) in [6.45, 7) is 4.77. The van der Waals surface area contributed by atoms with Gasteiger partial charge in [0.2, 0.25) is 11.0 Å². The van der Waals surface area contributed by atoms with E-state index in [1.54, 1.807) is 34.5 Å². The quantitative estimate of drug-likeness (QED) is 0.743. The Morgan fingerprint density at radius 2 is 2.26 bits per heavy atom. The van der Waals surface area contributed by atoms with Gasteiger partial charge in [0.15, 0.2) is 0 Å². The van der Waals surface area contributed by atoms with Gasteiger partial charge < -0.3 is 5.32 Å². The molecule has 3 aromatic rings. The van der Waals surface area contributed by atoms with Crippen LogP contribution in [0.1, 0.15) is 17.1 Å². The number of rotatable bonds is 6. The molecule has 3 rings (SSSR count). The van der Waals surface area contributed by atoms with E-state index in [1.165, 1.54) is 0 Å². The van der Waals surface area contributed by atoms with Crippen LogP contribution in [-0.4, -0.2) is 37.0 Å². The van der Waals surface area contributed by atoms with Gasteiger partial charge in [0.05, 0.1) is 11.4 Å². The van der Waals surface area contributed by atoms with Crippen molar-refractivity contribution in [2.75, 3.05) is 6.54 Å². The first-order valence-corrected chi connectivity index (χ1v) is 8.22. The molecule has 0 fully saturated rings. The molecule has 0 aliphatic carbocycles. The van der Waals surface area contributed by atoms with Crippen LogP contribution in [0.4, 0.5) is 0 Å². The Morgan fingerprint density at radius 3 is 2.96 bits per heavy atom. The molecule has 3 heterocycles. The zero-order valence-corrected chi connectivity index (χ0v) is 13.9. The van der Waals surface area contributed by atoms with E-state index in [4.69, 9.17) is 0 Å². The lowest BCUT2D eigenvalue weighted by atomic mass is 10.3. The Kier molecular flexibility index (Phi) is 4.52. The minimum absolute atomic E-state index is 0.0531. The average molecular weight is 330 g/mol. The second-order valence-electron chi connectivity index (χ2n) is 5.26. The summed E-state index contributed by atoms with van der Waals surface area (Å²) in [4.78, 5) is 16.3. The van der Waals surface area contributed by atoms with E-state index >= 15 is 0 Å². The van der Waals surface area contributed by atoms with Crippen LogP contribution in [0.15, 0.2) is 29.9 Å². The monoisotopic (exact) mass is 330 g/mol. The van der Waals surface area contributed by atoms with Gasteiger partial charge in [0.1, 0.15) is 6.54 Å². The zero-order valence-electron chi connectivity index (χ0n) is 13.1. The number of thiazole rings is 1. The van der Waals surface area contributed by atoms with Gasteiger partial charge in [0.25, 0.3) is 0 Å². The van der Waals surface area contributed by atoms with Gasteiger partial charge in [-0.05, 0) is 26.0 Å². The third-order valence-corrected chi connectivity index (χ3v) is 4.16. The van der Waals surface area contributed by atoms with E-state index in [-0.39, 0.29) is 12.5 Å². The van der Waals surface area contributed by atoms with Crippen molar-refractivity contribution in [3.05, 3.63) is 47.0 Å². The third-order valence-electron chi connectivity index (χ3n) is 3.30. The van der Waals surface area contributed by atoms with E-state index < -0.39 is 0 Å². The predicted molar refractivity (Wildman–Crippen MR) is 87.7 cm³/mol. The summed E-state index contributed by atoms with van der Waals surface area (Å²) in [6, 6.07) is 3.82. The molecule has 0 saturated carbocycles. The summed E-state index contributed by atoms with van der Waals surface area (Å²) in [7, 11) is 0. The Morgan fingerprint density at radius 1 is 1.39 bits per heavy atom. The maximum absolute atomic E-state index is 11.8. The largest absolute Gasteiger partial charge is 0.354 e. The van der Waals surface area contributed by atoms with Crippen LogP contribution in [-0.2, 0) is 17.8 Å². The molecule has 0 aromatic carbocycles. The number of nitrogens with one attached hydrogen (secondary N) is 1. The Bertz CT molecular complexity index is 789. The molecule has 0 aliphatic rings. The van der Waals surface area contributed by atoms with Crippen molar-refractivity contribution >= 4 is 17.2 Å². The predicted octanol–water partition coefficient (Wildman–Crippen LogP) is 1.50. The van der Waals surface area contributed by atoms with Crippen molar-refractivity contribution in [3.63, 3.8) is 0 Å². The third kappa shape index (κ3) is 3.84. The number of hydrogen-bond donors (Lipinski definition) is 1. The van der Waals surface area contributed by atoms with Crippen molar-refractivity contribution in [2.45, 2.75) is 26.8 Å². The smallest absolute Gasteiger partial charge is 0.241 e. The number of amides is 1. The maximum atomic E-state index is 11.8. The highest BCUT2D eigenvalue weighted by atomic mass is 32.1. The Hall–Kier alpha value is -2.48. The molecule has 0 atom stereocenters. The summed E-state index contributed by atoms with van der Waals surface area (Å²) in [5.74, 6) is -0.0531. The highest BCUT2D eigenvalue weighted by Crippen LogP contribution is 2.17. The van der Waals surface area contributed by atoms with Crippen molar-refractivity contribution < 1.29 is 4.79 Å². The molecule has 0 spiro atoms. The van der Waals surface area contributed by atoms with Crippen molar-refractivity contribution in [2.24, 2.45) is 0 Å². The summed E-state index contributed by atoms with van der Waals surface area (Å²) < 4.78 is 3.44. The van der Waals surface area contributed by atoms with Crippen molar-refractivity contribution in [1.29, 1.82) is 0 Å². The fourth-order valence-corrected chi connectivity index (χ4v) is 3.12. The van der Waals surface area contributed by atoms with Gasteiger partial charge in [-0.1, -0.05) is 0 Å². The topological polar surface area (TPSA) is 77.6 Å². The van der Waals surface area contributed by atoms with Crippen LogP contribution in [0.25, 0.3) is 5.13 Å². The van der Waals surface area contributed by atoms with E-state index in [9.17, 15) is 4.79 Å². The van der Waals surface area contributed by atoms with Gasteiger partial charge in [0, 0.05) is 36.4 Å². The number of hydrogen-bond acceptors (Lipinski definition) is 5. The molecule has 23 heavy (non-hydrogen) atoms. The number of carbonyl (C=O) groups is 1. The molecule has 0 aliphatic heterocycles. The first-order chi connectivity index (χ1) is 11.1. The molecule has 1 N–H and O–H groups in total. The van der Waals surface area contributed by atoms with Crippen LogP contribution in [0, 0.1) is 13.8 Å². The average Bonchev–Trinajstić information content (AvgIpc) is 3.21. The second-order valence-corrected chi connectivity index (χ2v) is 6.10. The number of aryl methyl sites for hydroxylation is 2. The van der Waals surface area contributed by atoms with Gasteiger partial charge in [-0.15, -0.1) is 11.3 Å².